The number of rotatable bonds is 5. The summed E-state index contributed by atoms with van der Waals surface area (Å²) in [4.78, 5) is 0. The maximum atomic E-state index is 6.03. The topological polar surface area (TPSA) is 21.3 Å². The molecule has 0 heterocycles. The van der Waals surface area contributed by atoms with E-state index in [1.54, 1.807) is 7.11 Å². The average molecular weight is 355 g/mol. The number of halogens is 2. The number of anilines is 1. The molecule has 2 rings (SSSR count). The molecule has 4 heteroatoms. The summed E-state index contributed by atoms with van der Waals surface area (Å²) in [5.74, 6) is 0.923. The monoisotopic (exact) mass is 353 g/mol. The van der Waals surface area contributed by atoms with E-state index in [2.05, 4.69) is 34.2 Å². The van der Waals surface area contributed by atoms with E-state index in [0.717, 1.165) is 27.4 Å². The maximum absolute atomic E-state index is 6.03. The Morgan fingerprint density at radius 1 is 1.25 bits per heavy atom. The second kappa shape index (κ2) is 7.00. The third kappa shape index (κ3) is 3.90. The van der Waals surface area contributed by atoms with Crippen LogP contribution in [0.5, 0.6) is 5.75 Å². The Kier molecular flexibility index (Phi) is 5.32. The highest BCUT2D eigenvalue weighted by Gasteiger charge is 2.09. The fourth-order valence-electron chi connectivity index (χ4n) is 2.13. The van der Waals surface area contributed by atoms with Crippen LogP contribution in [0.1, 0.15) is 12.5 Å². The quantitative estimate of drug-likeness (QED) is 0.801. The zero-order chi connectivity index (χ0) is 14.5. The van der Waals surface area contributed by atoms with Gasteiger partial charge in [-0.25, -0.2) is 0 Å². The van der Waals surface area contributed by atoms with Crippen molar-refractivity contribution in [2.75, 3.05) is 12.4 Å². The first-order valence-electron chi connectivity index (χ1n) is 6.43. The van der Waals surface area contributed by atoms with Gasteiger partial charge >= 0.3 is 0 Å². The predicted octanol–water partition coefficient (Wildman–Crippen LogP) is 5.15. The first kappa shape index (κ1) is 15.2. The number of hydrogen-bond acceptors (Lipinski definition) is 2. The summed E-state index contributed by atoms with van der Waals surface area (Å²) in [7, 11) is 1.70. The van der Waals surface area contributed by atoms with E-state index in [1.165, 1.54) is 5.56 Å². The van der Waals surface area contributed by atoms with Gasteiger partial charge < -0.3 is 10.1 Å². The number of benzene rings is 2. The molecule has 1 unspecified atom stereocenters. The maximum Gasteiger partial charge on any atom is 0.122 e. The Morgan fingerprint density at radius 2 is 2.00 bits per heavy atom. The van der Waals surface area contributed by atoms with Gasteiger partial charge in [-0.1, -0.05) is 29.8 Å². The lowest BCUT2D eigenvalue weighted by Crippen LogP contribution is -2.18. The van der Waals surface area contributed by atoms with Crippen LogP contribution in [0.2, 0.25) is 5.02 Å². The zero-order valence-corrected chi connectivity index (χ0v) is 13.8. The van der Waals surface area contributed by atoms with Crippen LogP contribution < -0.4 is 10.1 Å². The second-order valence-electron chi connectivity index (χ2n) is 4.69. The summed E-state index contributed by atoms with van der Waals surface area (Å²) >= 11 is 9.55. The molecule has 0 saturated carbocycles. The lowest BCUT2D eigenvalue weighted by atomic mass is 10.1. The zero-order valence-electron chi connectivity index (χ0n) is 11.5. The summed E-state index contributed by atoms with van der Waals surface area (Å²) in [5, 5.41) is 4.19. The van der Waals surface area contributed by atoms with Crippen molar-refractivity contribution in [2.45, 2.75) is 19.4 Å². The van der Waals surface area contributed by atoms with Crippen molar-refractivity contribution in [2.24, 2.45) is 0 Å². The predicted molar refractivity (Wildman–Crippen MR) is 88.9 cm³/mol. The van der Waals surface area contributed by atoms with Crippen molar-refractivity contribution in [1.82, 2.24) is 0 Å². The highest BCUT2D eigenvalue weighted by Crippen LogP contribution is 2.27. The normalized spacial score (nSPS) is 12.0. The largest absolute Gasteiger partial charge is 0.496 e. The number of hydrogen-bond donors (Lipinski definition) is 1. The number of para-hydroxylation sites is 1. The number of nitrogens with one attached hydrogen (secondary N) is 1. The molecular formula is C16H17BrClNO. The van der Waals surface area contributed by atoms with Gasteiger partial charge in [0.15, 0.2) is 0 Å². The smallest absolute Gasteiger partial charge is 0.122 e. The van der Waals surface area contributed by atoms with E-state index in [-0.39, 0.29) is 6.04 Å². The Morgan fingerprint density at radius 3 is 2.75 bits per heavy atom. The summed E-state index contributed by atoms with van der Waals surface area (Å²) in [5.41, 5.74) is 2.19. The van der Waals surface area contributed by atoms with Crippen molar-refractivity contribution in [1.29, 1.82) is 0 Å². The van der Waals surface area contributed by atoms with Crippen LogP contribution in [0.4, 0.5) is 5.69 Å². The minimum Gasteiger partial charge on any atom is -0.496 e. The molecule has 0 amide bonds. The molecule has 2 nitrogen and oxygen atoms in total. The fraction of sp³-hybridized carbons (Fsp3) is 0.250. The Bertz CT molecular complexity index is 588. The highest BCUT2D eigenvalue weighted by atomic mass is 79.9. The first-order valence-corrected chi connectivity index (χ1v) is 7.60. The Labute approximate surface area is 133 Å². The van der Waals surface area contributed by atoms with Gasteiger partial charge in [-0.05, 0) is 59.1 Å². The fourth-order valence-corrected chi connectivity index (χ4v) is 2.66. The van der Waals surface area contributed by atoms with E-state index in [0.29, 0.717) is 0 Å². The minimum absolute atomic E-state index is 0.265. The van der Waals surface area contributed by atoms with Gasteiger partial charge in [-0.15, -0.1) is 0 Å². The molecule has 0 saturated heterocycles. The van der Waals surface area contributed by atoms with Gasteiger partial charge in [0, 0.05) is 15.5 Å². The molecule has 20 heavy (non-hydrogen) atoms. The molecule has 0 aromatic heterocycles. The molecule has 1 N–H and O–H groups in total. The van der Waals surface area contributed by atoms with Crippen LogP contribution in [-0.2, 0) is 6.42 Å². The third-order valence-corrected chi connectivity index (χ3v) is 3.98. The summed E-state index contributed by atoms with van der Waals surface area (Å²) in [6, 6.07) is 14.1. The highest BCUT2D eigenvalue weighted by molar-refractivity contribution is 9.10. The van der Waals surface area contributed by atoms with Gasteiger partial charge in [0.05, 0.1) is 12.8 Å². The van der Waals surface area contributed by atoms with Crippen molar-refractivity contribution < 1.29 is 4.74 Å². The molecule has 2 aromatic rings. The van der Waals surface area contributed by atoms with Gasteiger partial charge in [-0.3, -0.25) is 0 Å². The van der Waals surface area contributed by atoms with Crippen LogP contribution in [0.3, 0.4) is 0 Å². The van der Waals surface area contributed by atoms with Gasteiger partial charge in [0.1, 0.15) is 5.75 Å². The lowest BCUT2D eigenvalue weighted by Gasteiger charge is -2.18. The minimum atomic E-state index is 0.265. The summed E-state index contributed by atoms with van der Waals surface area (Å²) < 4.78 is 6.39. The van der Waals surface area contributed by atoms with Gasteiger partial charge in [0.2, 0.25) is 0 Å². The SMILES string of the molecule is COc1ccccc1CC(C)Nc1cc(Cl)ccc1Br. The van der Waals surface area contributed by atoms with Gasteiger partial charge in [-0.2, -0.15) is 0 Å². The molecule has 0 aliphatic rings. The van der Waals surface area contributed by atoms with Crippen LogP contribution in [0.25, 0.3) is 0 Å². The first-order chi connectivity index (χ1) is 9.60. The second-order valence-corrected chi connectivity index (χ2v) is 5.98. The van der Waals surface area contributed by atoms with E-state index >= 15 is 0 Å². The molecule has 0 aliphatic heterocycles. The van der Waals surface area contributed by atoms with Crippen LogP contribution in [0, 0.1) is 0 Å². The molecule has 0 fully saturated rings. The van der Waals surface area contributed by atoms with Crippen LogP contribution in [0.15, 0.2) is 46.9 Å². The van der Waals surface area contributed by atoms with E-state index in [9.17, 15) is 0 Å². The molecule has 2 aromatic carbocycles. The van der Waals surface area contributed by atoms with Crippen LogP contribution >= 0.6 is 27.5 Å². The van der Waals surface area contributed by atoms with E-state index in [1.807, 2.05) is 36.4 Å². The molecular weight excluding hydrogens is 338 g/mol. The molecule has 0 radical (unpaired) electrons. The summed E-state index contributed by atoms with van der Waals surface area (Å²) in [6.07, 6.45) is 0.878. The molecule has 106 valence electrons. The van der Waals surface area contributed by atoms with Crippen LogP contribution in [-0.4, -0.2) is 13.2 Å². The molecule has 0 spiro atoms. The Hall–Kier alpha value is -1.19. The average Bonchev–Trinajstić information content (AvgIpc) is 2.43. The van der Waals surface area contributed by atoms with Crippen molar-refractivity contribution in [3.8, 4) is 5.75 Å². The van der Waals surface area contributed by atoms with Crippen molar-refractivity contribution in [3.63, 3.8) is 0 Å². The van der Waals surface area contributed by atoms with E-state index in [4.69, 9.17) is 16.3 Å². The van der Waals surface area contributed by atoms with Crippen molar-refractivity contribution in [3.05, 3.63) is 57.5 Å². The van der Waals surface area contributed by atoms with Crippen molar-refractivity contribution >= 4 is 33.2 Å². The van der Waals surface area contributed by atoms with Gasteiger partial charge in [0.25, 0.3) is 0 Å². The lowest BCUT2D eigenvalue weighted by molar-refractivity contribution is 0.409. The number of methoxy groups -OCH3 is 1. The number of ether oxygens (including phenoxy) is 1. The summed E-state index contributed by atoms with van der Waals surface area (Å²) in [6.45, 7) is 2.14. The standard InChI is InChI=1S/C16H17BrClNO/c1-11(9-12-5-3-4-6-16(12)20-2)19-15-10-13(18)7-8-14(15)17/h3-8,10-11,19H,9H2,1-2H3. The third-order valence-electron chi connectivity index (χ3n) is 3.05. The molecule has 0 bridgehead atoms. The van der Waals surface area contributed by atoms with E-state index < -0.39 is 0 Å². The Balaban J connectivity index is 2.09. The molecule has 0 aliphatic carbocycles. The molecule has 1 atom stereocenters.